The quantitative estimate of drug-likeness (QED) is 0.566. The second kappa shape index (κ2) is 11.0. The van der Waals surface area contributed by atoms with Crippen LogP contribution in [0, 0.1) is 5.92 Å². The van der Waals surface area contributed by atoms with Gasteiger partial charge >= 0.3 is 6.09 Å². The monoisotopic (exact) mass is 456 g/mol. The summed E-state index contributed by atoms with van der Waals surface area (Å²) in [5.74, 6) is 0.633. The van der Waals surface area contributed by atoms with Crippen LogP contribution in [0.4, 0.5) is 9.18 Å². The molecule has 1 saturated heterocycles. The van der Waals surface area contributed by atoms with Crippen molar-refractivity contribution in [2.45, 2.75) is 58.2 Å². The lowest BCUT2D eigenvalue weighted by atomic mass is 9.91. The molecule has 0 radical (unpaired) electrons. The molecule has 1 aliphatic rings. The van der Waals surface area contributed by atoms with Crippen molar-refractivity contribution in [3.63, 3.8) is 0 Å². The van der Waals surface area contributed by atoms with Crippen molar-refractivity contribution in [3.05, 3.63) is 28.8 Å². The molecule has 2 rings (SSSR count). The molecule has 2 amide bonds. The number of rotatable bonds is 7. The highest BCUT2D eigenvalue weighted by molar-refractivity contribution is 6.34. The van der Waals surface area contributed by atoms with Crippen LogP contribution in [0.5, 0.6) is 5.75 Å². The molecule has 0 spiro atoms. The zero-order valence-electron chi connectivity index (χ0n) is 19.1. The van der Waals surface area contributed by atoms with Gasteiger partial charge in [0.1, 0.15) is 24.1 Å². The molecule has 0 saturated carbocycles. The zero-order chi connectivity index (χ0) is 23.2. The minimum absolute atomic E-state index is 0.0615. The van der Waals surface area contributed by atoms with Crippen LogP contribution in [0.1, 0.15) is 56.8 Å². The molecule has 1 aromatic rings. The number of alkyl halides is 1. The molecule has 1 atom stereocenters. The first-order valence-electron chi connectivity index (χ1n) is 10.7. The van der Waals surface area contributed by atoms with E-state index in [0.717, 1.165) is 19.3 Å². The number of halogens is 2. The van der Waals surface area contributed by atoms with Gasteiger partial charge in [0.15, 0.2) is 0 Å². The average molecular weight is 457 g/mol. The molecule has 0 aliphatic carbocycles. The van der Waals surface area contributed by atoms with Gasteiger partial charge in [-0.2, -0.15) is 0 Å². The SMILES string of the molecule is CN(C)C(=O)c1ccc(OCC(F)CCC2CCN(C(=O)OC(C)(C)C)CC2)cc1Cl. The molecule has 1 fully saturated rings. The number of hydrogen-bond donors (Lipinski definition) is 0. The number of hydrogen-bond acceptors (Lipinski definition) is 4. The summed E-state index contributed by atoms with van der Waals surface area (Å²) in [6.45, 7) is 6.79. The topological polar surface area (TPSA) is 59.1 Å². The Hall–Kier alpha value is -2.02. The fourth-order valence-electron chi connectivity index (χ4n) is 3.42. The van der Waals surface area contributed by atoms with Crippen LogP contribution in [0.3, 0.4) is 0 Å². The summed E-state index contributed by atoms with van der Waals surface area (Å²) >= 11 is 6.16. The fourth-order valence-corrected chi connectivity index (χ4v) is 3.67. The van der Waals surface area contributed by atoms with Gasteiger partial charge in [0.05, 0.1) is 10.6 Å². The third-order valence-electron chi connectivity index (χ3n) is 5.16. The van der Waals surface area contributed by atoms with Crippen molar-refractivity contribution < 1.29 is 23.5 Å². The van der Waals surface area contributed by atoms with E-state index >= 15 is 0 Å². The van der Waals surface area contributed by atoms with E-state index in [1.54, 1.807) is 31.1 Å². The van der Waals surface area contributed by atoms with Gasteiger partial charge in [0.2, 0.25) is 0 Å². The Bertz CT molecular complexity index is 758. The summed E-state index contributed by atoms with van der Waals surface area (Å²) < 4.78 is 25.3. The van der Waals surface area contributed by atoms with Crippen molar-refractivity contribution in [1.29, 1.82) is 0 Å². The van der Waals surface area contributed by atoms with Crippen LogP contribution in [0.15, 0.2) is 18.2 Å². The fraction of sp³-hybridized carbons (Fsp3) is 0.652. The van der Waals surface area contributed by atoms with Crippen LogP contribution >= 0.6 is 11.6 Å². The molecule has 0 bridgehead atoms. The summed E-state index contributed by atoms with van der Waals surface area (Å²) in [5, 5.41) is 0.281. The third kappa shape index (κ3) is 8.20. The smallest absolute Gasteiger partial charge is 0.410 e. The van der Waals surface area contributed by atoms with Gasteiger partial charge in [-0.15, -0.1) is 0 Å². The molecule has 6 nitrogen and oxygen atoms in total. The summed E-state index contributed by atoms with van der Waals surface area (Å²) in [5.41, 5.74) is -0.115. The summed E-state index contributed by atoms with van der Waals surface area (Å²) in [6, 6.07) is 4.75. The summed E-state index contributed by atoms with van der Waals surface area (Å²) in [4.78, 5) is 27.3. The molecule has 1 aliphatic heterocycles. The van der Waals surface area contributed by atoms with Crippen LogP contribution in [-0.2, 0) is 4.74 Å². The molecule has 31 heavy (non-hydrogen) atoms. The van der Waals surface area contributed by atoms with E-state index < -0.39 is 11.8 Å². The van der Waals surface area contributed by atoms with Crippen molar-refractivity contribution >= 4 is 23.6 Å². The first kappa shape index (κ1) is 25.2. The van der Waals surface area contributed by atoms with Gasteiger partial charge in [0, 0.05) is 27.2 Å². The number of amides is 2. The molecular formula is C23H34ClFN2O4. The van der Waals surface area contributed by atoms with E-state index in [9.17, 15) is 14.0 Å². The van der Waals surface area contributed by atoms with Crippen LogP contribution in [-0.4, -0.2) is 67.4 Å². The van der Waals surface area contributed by atoms with Crippen molar-refractivity contribution in [2.75, 3.05) is 33.8 Å². The van der Waals surface area contributed by atoms with E-state index in [0.29, 0.717) is 36.7 Å². The Labute approximate surface area is 189 Å². The first-order valence-corrected chi connectivity index (χ1v) is 11.1. The highest BCUT2D eigenvalue weighted by Crippen LogP contribution is 2.26. The van der Waals surface area contributed by atoms with Crippen molar-refractivity contribution in [3.8, 4) is 5.75 Å². The van der Waals surface area contributed by atoms with Gasteiger partial charge in [-0.1, -0.05) is 11.6 Å². The molecule has 1 heterocycles. The Kier molecular flexibility index (Phi) is 8.98. The molecule has 0 aromatic heterocycles. The largest absolute Gasteiger partial charge is 0.491 e. The number of ether oxygens (including phenoxy) is 2. The second-order valence-electron chi connectivity index (χ2n) is 9.24. The minimum atomic E-state index is -1.09. The van der Waals surface area contributed by atoms with Gasteiger partial charge < -0.3 is 19.3 Å². The van der Waals surface area contributed by atoms with Gasteiger partial charge in [-0.05, 0) is 70.6 Å². The average Bonchev–Trinajstić information content (AvgIpc) is 2.69. The van der Waals surface area contributed by atoms with Gasteiger partial charge in [-0.25, -0.2) is 9.18 Å². The van der Waals surface area contributed by atoms with Gasteiger partial charge in [0.25, 0.3) is 5.91 Å². The third-order valence-corrected chi connectivity index (χ3v) is 5.48. The lowest BCUT2D eigenvalue weighted by molar-refractivity contribution is 0.0177. The minimum Gasteiger partial charge on any atom is -0.491 e. The predicted octanol–water partition coefficient (Wildman–Crippen LogP) is 5.19. The van der Waals surface area contributed by atoms with Crippen LogP contribution < -0.4 is 4.74 Å². The standard InChI is InChI=1S/C23H34ClFN2O4/c1-23(2,3)31-22(29)27-12-10-16(11-13-27)6-7-17(25)15-30-18-8-9-19(20(24)14-18)21(28)26(4)5/h8-9,14,16-17H,6-7,10-13,15H2,1-5H3. The Morgan fingerprint density at radius 1 is 1.26 bits per heavy atom. The van der Waals surface area contributed by atoms with E-state index in [-0.39, 0.29) is 23.6 Å². The molecule has 1 aromatic carbocycles. The van der Waals surface area contributed by atoms with E-state index in [2.05, 4.69) is 0 Å². The lowest BCUT2D eigenvalue weighted by Crippen LogP contribution is -2.41. The second-order valence-corrected chi connectivity index (χ2v) is 9.64. The van der Waals surface area contributed by atoms with Crippen molar-refractivity contribution in [1.82, 2.24) is 9.80 Å². The number of likely N-dealkylation sites (tertiary alicyclic amines) is 1. The lowest BCUT2D eigenvalue weighted by Gasteiger charge is -2.33. The van der Waals surface area contributed by atoms with Crippen LogP contribution in [0.2, 0.25) is 5.02 Å². The highest BCUT2D eigenvalue weighted by atomic mass is 35.5. The number of piperidine rings is 1. The molecule has 0 N–H and O–H groups in total. The van der Waals surface area contributed by atoms with E-state index in [1.807, 2.05) is 20.8 Å². The Morgan fingerprint density at radius 2 is 1.90 bits per heavy atom. The maximum absolute atomic E-state index is 14.3. The number of benzene rings is 1. The Morgan fingerprint density at radius 3 is 2.45 bits per heavy atom. The van der Waals surface area contributed by atoms with E-state index in [4.69, 9.17) is 21.1 Å². The first-order chi connectivity index (χ1) is 14.5. The zero-order valence-corrected chi connectivity index (χ0v) is 19.9. The van der Waals surface area contributed by atoms with Crippen LogP contribution in [0.25, 0.3) is 0 Å². The van der Waals surface area contributed by atoms with E-state index in [1.165, 1.54) is 11.0 Å². The predicted molar refractivity (Wildman–Crippen MR) is 120 cm³/mol. The molecular weight excluding hydrogens is 423 g/mol. The van der Waals surface area contributed by atoms with Crippen molar-refractivity contribution in [2.24, 2.45) is 5.92 Å². The number of carbonyl (C=O) groups excluding carboxylic acids is 2. The summed E-state index contributed by atoms with van der Waals surface area (Å²) in [6.07, 6.45) is 1.49. The number of nitrogens with zero attached hydrogens (tertiary/aromatic N) is 2. The molecule has 8 heteroatoms. The maximum Gasteiger partial charge on any atom is 0.410 e. The Balaban J connectivity index is 1.71. The van der Waals surface area contributed by atoms with Gasteiger partial charge in [-0.3, -0.25) is 4.79 Å². The maximum atomic E-state index is 14.3. The number of carbonyl (C=O) groups is 2. The normalized spacial score (nSPS) is 16.0. The summed E-state index contributed by atoms with van der Waals surface area (Å²) in [7, 11) is 3.30. The highest BCUT2D eigenvalue weighted by Gasteiger charge is 2.27. The molecule has 1 unspecified atom stereocenters. The molecule has 174 valence electrons.